The number of rotatable bonds is 7. The number of sulfonamides is 1. The molecular formula is C23H27N5O3S2. The number of piperidine rings is 1. The number of nitrogens with one attached hydrogen (secondary N) is 1. The molecule has 3 aromatic rings. The number of nitrogens with zero attached hydrogens (tertiary/aromatic N) is 4. The molecule has 1 aromatic heterocycles. The van der Waals surface area contributed by atoms with Crippen molar-refractivity contribution in [3.63, 3.8) is 0 Å². The highest BCUT2D eigenvalue weighted by Crippen LogP contribution is 2.31. The molecule has 1 unspecified atom stereocenters. The van der Waals surface area contributed by atoms with Gasteiger partial charge in [0.2, 0.25) is 15.9 Å². The minimum Gasteiger partial charge on any atom is -0.326 e. The van der Waals surface area contributed by atoms with Crippen LogP contribution in [0.25, 0.3) is 0 Å². The molecule has 0 aliphatic carbocycles. The van der Waals surface area contributed by atoms with Gasteiger partial charge >= 0.3 is 0 Å². The first-order valence-electron chi connectivity index (χ1n) is 10.8. The zero-order valence-corrected chi connectivity index (χ0v) is 20.3. The zero-order chi connectivity index (χ0) is 23.4. The van der Waals surface area contributed by atoms with Crippen LogP contribution in [0.3, 0.4) is 0 Å². The van der Waals surface area contributed by atoms with Crippen LogP contribution in [-0.4, -0.2) is 46.5 Å². The quantitative estimate of drug-likeness (QED) is 0.513. The Morgan fingerprint density at radius 2 is 1.85 bits per heavy atom. The standard InChI is InChI=1S/C23H27N5O3S2/c1-17(29)24-20-10-12-21(13-11-20)33(30,31)28-14-6-9-19(15-28)22-25-26-23(27(22)2)32-16-18-7-4-3-5-8-18/h3-5,7-8,10-13,19H,6,9,14-16H2,1-2H3,(H,24,29). The van der Waals surface area contributed by atoms with Crippen LogP contribution >= 0.6 is 11.8 Å². The molecule has 0 bridgehead atoms. The fourth-order valence-electron chi connectivity index (χ4n) is 3.96. The number of hydrogen-bond donors (Lipinski definition) is 1. The smallest absolute Gasteiger partial charge is 0.243 e. The third-order valence-electron chi connectivity index (χ3n) is 5.64. The van der Waals surface area contributed by atoms with E-state index in [-0.39, 0.29) is 16.7 Å². The second-order valence-electron chi connectivity index (χ2n) is 8.08. The Bertz CT molecular complexity index is 1210. The van der Waals surface area contributed by atoms with Crippen LogP contribution in [0.15, 0.2) is 64.6 Å². The number of aromatic nitrogens is 3. The molecule has 8 nitrogen and oxygen atoms in total. The molecular weight excluding hydrogens is 458 g/mol. The molecule has 1 atom stereocenters. The second kappa shape index (κ2) is 10.1. The van der Waals surface area contributed by atoms with E-state index in [9.17, 15) is 13.2 Å². The Morgan fingerprint density at radius 1 is 1.12 bits per heavy atom. The molecule has 33 heavy (non-hydrogen) atoms. The molecule has 1 N–H and O–H groups in total. The van der Waals surface area contributed by atoms with E-state index in [2.05, 4.69) is 27.6 Å². The summed E-state index contributed by atoms with van der Waals surface area (Å²) in [5.74, 6) is 1.39. The summed E-state index contributed by atoms with van der Waals surface area (Å²) < 4.78 is 30.0. The van der Waals surface area contributed by atoms with Gasteiger partial charge in [-0.05, 0) is 42.7 Å². The number of anilines is 1. The number of amides is 1. The monoisotopic (exact) mass is 485 g/mol. The Hall–Kier alpha value is -2.69. The van der Waals surface area contributed by atoms with Crippen LogP contribution in [0, 0.1) is 0 Å². The Labute approximate surface area is 198 Å². The van der Waals surface area contributed by atoms with Crippen LogP contribution < -0.4 is 5.32 Å². The van der Waals surface area contributed by atoms with E-state index in [1.165, 1.54) is 28.9 Å². The van der Waals surface area contributed by atoms with Crippen LogP contribution in [0.4, 0.5) is 5.69 Å². The van der Waals surface area contributed by atoms with Gasteiger partial charge in [-0.2, -0.15) is 4.31 Å². The van der Waals surface area contributed by atoms with Gasteiger partial charge in [-0.1, -0.05) is 42.1 Å². The molecule has 2 aromatic carbocycles. The van der Waals surface area contributed by atoms with Crippen molar-refractivity contribution >= 4 is 33.4 Å². The third-order valence-corrected chi connectivity index (χ3v) is 8.61. The predicted molar refractivity (Wildman–Crippen MR) is 128 cm³/mol. The molecule has 1 saturated heterocycles. The lowest BCUT2D eigenvalue weighted by Gasteiger charge is -2.31. The molecule has 1 aliphatic heterocycles. The molecule has 2 heterocycles. The maximum absolute atomic E-state index is 13.2. The highest BCUT2D eigenvalue weighted by atomic mass is 32.2. The van der Waals surface area contributed by atoms with Crippen LogP contribution in [0.5, 0.6) is 0 Å². The first-order valence-corrected chi connectivity index (χ1v) is 13.2. The topological polar surface area (TPSA) is 97.2 Å². The maximum Gasteiger partial charge on any atom is 0.243 e. The Balaban J connectivity index is 1.46. The highest BCUT2D eigenvalue weighted by Gasteiger charge is 2.33. The maximum atomic E-state index is 13.2. The normalized spacial score (nSPS) is 17.1. The van der Waals surface area contributed by atoms with Gasteiger partial charge in [0.15, 0.2) is 5.16 Å². The van der Waals surface area contributed by atoms with Crippen LogP contribution in [0.2, 0.25) is 0 Å². The minimum atomic E-state index is -3.64. The molecule has 174 valence electrons. The van der Waals surface area contributed by atoms with Crippen molar-refractivity contribution in [1.82, 2.24) is 19.1 Å². The van der Waals surface area contributed by atoms with Crippen molar-refractivity contribution < 1.29 is 13.2 Å². The number of hydrogen-bond acceptors (Lipinski definition) is 6. The number of thioether (sulfide) groups is 1. The Kier molecular flexibility index (Phi) is 7.16. The second-order valence-corrected chi connectivity index (χ2v) is 11.0. The van der Waals surface area contributed by atoms with Gasteiger partial charge in [0.1, 0.15) is 5.82 Å². The first-order chi connectivity index (χ1) is 15.8. The van der Waals surface area contributed by atoms with Gasteiger partial charge < -0.3 is 9.88 Å². The number of benzene rings is 2. The summed E-state index contributed by atoms with van der Waals surface area (Å²) in [4.78, 5) is 11.4. The summed E-state index contributed by atoms with van der Waals surface area (Å²) >= 11 is 1.62. The molecule has 0 saturated carbocycles. The van der Waals surface area contributed by atoms with Crippen LogP contribution in [-0.2, 0) is 27.6 Å². The fraction of sp³-hybridized carbons (Fsp3) is 0.348. The van der Waals surface area contributed by atoms with Gasteiger partial charge in [-0.3, -0.25) is 4.79 Å². The molecule has 0 radical (unpaired) electrons. The average molecular weight is 486 g/mol. The number of carbonyl (C=O) groups is 1. The molecule has 1 fully saturated rings. The molecule has 0 spiro atoms. The zero-order valence-electron chi connectivity index (χ0n) is 18.6. The summed E-state index contributed by atoms with van der Waals surface area (Å²) in [6.45, 7) is 2.25. The lowest BCUT2D eigenvalue weighted by atomic mass is 9.99. The summed E-state index contributed by atoms with van der Waals surface area (Å²) in [6.07, 6.45) is 1.62. The van der Waals surface area contributed by atoms with E-state index < -0.39 is 10.0 Å². The largest absolute Gasteiger partial charge is 0.326 e. The summed E-state index contributed by atoms with van der Waals surface area (Å²) in [7, 11) is -1.70. The van der Waals surface area contributed by atoms with Crippen molar-refractivity contribution in [1.29, 1.82) is 0 Å². The van der Waals surface area contributed by atoms with E-state index in [1.807, 2.05) is 29.8 Å². The third kappa shape index (κ3) is 5.45. The van der Waals surface area contributed by atoms with Crippen LogP contribution in [0.1, 0.15) is 37.1 Å². The lowest BCUT2D eigenvalue weighted by Crippen LogP contribution is -2.39. The van der Waals surface area contributed by atoms with E-state index in [4.69, 9.17) is 0 Å². The summed E-state index contributed by atoms with van der Waals surface area (Å²) in [5.41, 5.74) is 1.78. The van der Waals surface area contributed by atoms with E-state index >= 15 is 0 Å². The minimum absolute atomic E-state index is 0.0178. The fourth-order valence-corrected chi connectivity index (χ4v) is 6.36. The predicted octanol–water partition coefficient (Wildman–Crippen LogP) is 3.63. The van der Waals surface area contributed by atoms with Gasteiger partial charge in [0, 0.05) is 44.4 Å². The SMILES string of the molecule is CC(=O)Nc1ccc(S(=O)(=O)N2CCCC(c3nnc(SCc4ccccc4)n3C)C2)cc1. The van der Waals surface area contributed by atoms with Gasteiger partial charge in [-0.15, -0.1) is 10.2 Å². The van der Waals surface area contributed by atoms with Crippen molar-refractivity contribution in [3.05, 3.63) is 66.0 Å². The first kappa shape index (κ1) is 23.5. The average Bonchev–Trinajstić information content (AvgIpc) is 3.18. The van der Waals surface area contributed by atoms with E-state index in [1.54, 1.807) is 23.9 Å². The molecule has 10 heteroatoms. The van der Waals surface area contributed by atoms with Gasteiger partial charge in [-0.25, -0.2) is 8.42 Å². The van der Waals surface area contributed by atoms with Gasteiger partial charge in [0.25, 0.3) is 0 Å². The molecule has 1 amide bonds. The van der Waals surface area contributed by atoms with E-state index in [0.717, 1.165) is 29.6 Å². The Morgan fingerprint density at radius 3 is 2.55 bits per heavy atom. The summed E-state index contributed by atoms with van der Waals surface area (Å²) in [6, 6.07) is 16.5. The van der Waals surface area contributed by atoms with Crippen molar-refractivity contribution in [3.8, 4) is 0 Å². The van der Waals surface area contributed by atoms with Crippen molar-refractivity contribution in [2.24, 2.45) is 7.05 Å². The van der Waals surface area contributed by atoms with Crippen molar-refractivity contribution in [2.75, 3.05) is 18.4 Å². The van der Waals surface area contributed by atoms with Gasteiger partial charge in [0.05, 0.1) is 4.90 Å². The molecule has 4 rings (SSSR count). The van der Waals surface area contributed by atoms with E-state index in [0.29, 0.717) is 18.8 Å². The highest BCUT2D eigenvalue weighted by molar-refractivity contribution is 7.98. The lowest BCUT2D eigenvalue weighted by molar-refractivity contribution is -0.114. The van der Waals surface area contributed by atoms with Crippen molar-refractivity contribution in [2.45, 2.75) is 41.5 Å². The summed E-state index contributed by atoms with van der Waals surface area (Å²) in [5, 5.41) is 12.2. The molecule has 1 aliphatic rings. The number of carbonyl (C=O) groups excluding carboxylic acids is 1.